The van der Waals surface area contributed by atoms with Crippen molar-refractivity contribution < 1.29 is 0 Å². The van der Waals surface area contributed by atoms with Crippen molar-refractivity contribution in [3.8, 4) is 0 Å². The fourth-order valence-corrected chi connectivity index (χ4v) is 1.66. The lowest BCUT2D eigenvalue weighted by Crippen LogP contribution is -2.40. The molecule has 1 aromatic rings. The van der Waals surface area contributed by atoms with Crippen LogP contribution in [0.5, 0.6) is 0 Å². The van der Waals surface area contributed by atoms with Gasteiger partial charge in [0.25, 0.3) is 0 Å². The Morgan fingerprint density at radius 3 is 2.69 bits per heavy atom. The normalized spacial score (nSPS) is 11.6. The Labute approximate surface area is 103 Å². The van der Waals surface area contributed by atoms with Crippen molar-refractivity contribution >= 4 is 17.3 Å². The van der Waals surface area contributed by atoms with Gasteiger partial charge in [-0.3, -0.25) is 4.98 Å². The molecule has 0 saturated carbocycles. The molecule has 0 unspecified atom stereocenters. The molecule has 0 aliphatic carbocycles. The van der Waals surface area contributed by atoms with Crippen molar-refractivity contribution in [3.63, 3.8) is 0 Å². The Balaban J connectivity index is 2.47. The Morgan fingerprint density at radius 2 is 2.12 bits per heavy atom. The lowest BCUT2D eigenvalue weighted by Gasteiger charge is -2.25. The zero-order valence-corrected chi connectivity index (χ0v) is 11.2. The number of nitrogens with one attached hydrogen (secondary N) is 1. The van der Waals surface area contributed by atoms with Crippen molar-refractivity contribution in [2.45, 2.75) is 26.3 Å². The van der Waals surface area contributed by atoms with E-state index in [1.165, 1.54) is 0 Å². The second-order valence-corrected chi connectivity index (χ2v) is 5.33. The zero-order chi connectivity index (χ0) is 12.2. The number of likely N-dealkylation sites (N-methyl/N-ethyl adjacent to an activating group) is 1. The summed E-state index contributed by atoms with van der Waals surface area (Å²) in [7, 11) is 2.03. The van der Waals surface area contributed by atoms with Crippen LogP contribution in [-0.2, 0) is 0 Å². The van der Waals surface area contributed by atoms with Gasteiger partial charge in [0.05, 0.1) is 10.7 Å². The van der Waals surface area contributed by atoms with Gasteiger partial charge < -0.3 is 10.2 Å². The topological polar surface area (TPSA) is 28.2 Å². The molecule has 3 nitrogen and oxygen atoms in total. The predicted molar refractivity (Wildman–Crippen MR) is 70.3 cm³/mol. The number of anilines is 1. The van der Waals surface area contributed by atoms with E-state index in [-0.39, 0.29) is 5.54 Å². The van der Waals surface area contributed by atoms with E-state index in [0.29, 0.717) is 5.02 Å². The SMILES string of the molecule is CN(CCNC(C)(C)C)c1ccncc1Cl. The zero-order valence-electron chi connectivity index (χ0n) is 10.4. The fraction of sp³-hybridized carbons (Fsp3) is 0.583. The highest BCUT2D eigenvalue weighted by molar-refractivity contribution is 6.33. The minimum atomic E-state index is 0.156. The molecule has 1 heterocycles. The van der Waals surface area contributed by atoms with Crippen molar-refractivity contribution in [2.75, 3.05) is 25.0 Å². The summed E-state index contributed by atoms with van der Waals surface area (Å²) in [4.78, 5) is 6.10. The van der Waals surface area contributed by atoms with Gasteiger partial charge in [0, 0.05) is 38.1 Å². The second-order valence-electron chi connectivity index (χ2n) is 4.93. The minimum absolute atomic E-state index is 0.156. The Morgan fingerprint density at radius 1 is 1.44 bits per heavy atom. The lowest BCUT2D eigenvalue weighted by atomic mass is 10.1. The van der Waals surface area contributed by atoms with Crippen LogP contribution in [0.3, 0.4) is 0 Å². The molecule has 0 bridgehead atoms. The van der Waals surface area contributed by atoms with E-state index in [2.05, 4.69) is 36.0 Å². The summed E-state index contributed by atoms with van der Waals surface area (Å²) in [5, 5.41) is 4.14. The average molecular weight is 242 g/mol. The second kappa shape index (κ2) is 5.51. The summed E-state index contributed by atoms with van der Waals surface area (Å²) in [5.74, 6) is 0. The molecule has 0 aliphatic heterocycles. The summed E-state index contributed by atoms with van der Waals surface area (Å²) < 4.78 is 0. The van der Waals surface area contributed by atoms with Gasteiger partial charge in [-0.15, -0.1) is 0 Å². The molecular weight excluding hydrogens is 222 g/mol. The molecule has 0 atom stereocenters. The highest BCUT2D eigenvalue weighted by Gasteiger charge is 2.09. The van der Waals surface area contributed by atoms with Crippen LogP contribution in [-0.4, -0.2) is 30.7 Å². The first-order chi connectivity index (χ1) is 7.40. The number of rotatable bonds is 4. The molecule has 0 spiro atoms. The molecular formula is C12H20ClN3. The summed E-state index contributed by atoms with van der Waals surface area (Å²) in [6.45, 7) is 8.32. The quantitative estimate of drug-likeness (QED) is 0.878. The monoisotopic (exact) mass is 241 g/mol. The molecule has 0 aliphatic rings. The van der Waals surface area contributed by atoms with Crippen LogP contribution in [0.2, 0.25) is 5.02 Å². The van der Waals surface area contributed by atoms with Crippen molar-refractivity contribution in [1.82, 2.24) is 10.3 Å². The maximum Gasteiger partial charge on any atom is 0.0822 e. The molecule has 0 amide bonds. The largest absolute Gasteiger partial charge is 0.372 e. The maximum atomic E-state index is 6.06. The third-order valence-corrected chi connectivity index (χ3v) is 2.56. The summed E-state index contributed by atoms with van der Waals surface area (Å²) in [5.41, 5.74) is 1.18. The molecule has 0 aromatic carbocycles. The molecule has 1 aromatic heterocycles. The van der Waals surface area contributed by atoms with Gasteiger partial charge in [-0.25, -0.2) is 0 Å². The minimum Gasteiger partial charge on any atom is -0.372 e. The Kier molecular flexibility index (Phi) is 4.56. The van der Waals surface area contributed by atoms with Gasteiger partial charge in [0.15, 0.2) is 0 Å². The summed E-state index contributed by atoms with van der Waals surface area (Å²) >= 11 is 6.06. The van der Waals surface area contributed by atoms with Crippen LogP contribution in [0, 0.1) is 0 Å². The first-order valence-corrected chi connectivity index (χ1v) is 5.83. The third kappa shape index (κ3) is 4.37. The van der Waals surface area contributed by atoms with Crippen LogP contribution >= 0.6 is 11.6 Å². The first-order valence-electron chi connectivity index (χ1n) is 5.46. The smallest absolute Gasteiger partial charge is 0.0822 e. The molecule has 0 radical (unpaired) electrons. The number of pyridine rings is 1. The predicted octanol–water partition coefficient (Wildman–Crippen LogP) is 2.56. The van der Waals surface area contributed by atoms with Crippen LogP contribution in [0.25, 0.3) is 0 Å². The molecule has 16 heavy (non-hydrogen) atoms. The van der Waals surface area contributed by atoms with E-state index in [1.807, 2.05) is 13.1 Å². The van der Waals surface area contributed by atoms with Crippen molar-refractivity contribution in [1.29, 1.82) is 0 Å². The van der Waals surface area contributed by atoms with Crippen LogP contribution in [0.1, 0.15) is 20.8 Å². The van der Waals surface area contributed by atoms with E-state index < -0.39 is 0 Å². The van der Waals surface area contributed by atoms with Gasteiger partial charge >= 0.3 is 0 Å². The highest BCUT2D eigenvalue weighted by atomic mass is 35.5. The van der Waals surface area contributed by atoms with Crippen LogP contribution in [0.15, 0.2) is 18.5 Å². The Hall–Kier alpha value is -0.800. The number of hydrogen-bond acceptors (Lipinski definition) is 3. The molecule has 90 valence electrons. The van der Waals surface area contributed by atoms with Crippen molar-refractivity contribution in [3.05, 3.63) is 23.5 Å². The molecule has 1 rings (SSSR count). The van der Waals surface area contributed by atoms with E-state index in [4.69, 9.17) is 11.6 Å². The molecule has 1 N–H and O–H groups in total. The maximum absolute atomic E-state index is 6.06. The molecule has 4 heteroatoms. The van der Waals surface area contributed by atoms with E-state index in [0.717, 1.165) is 18.8 Å². The number of nitrogens with zero attached hydrogens (tertiary/aromatic N) is 2. The lowest BCUT2D eigenvalue weighted by molar-refractivity contribution is 0.431. The van der Waals surface area contributed by atoms with Crippen molar-refractivity contribution in [2.24, 2.45) is 0 Å². The van der Waals surface area contributed by atoms with Crippen LogP contribution < -0.4 is 10.2 Å². The standard InChI is InChI=1S/C12H20ClN3/c1-12(2,3)15-7-8-16(4)11-5-6-14-9-10(11)13/h5-6,9,15H,7-8H2,1-4H3. The highest BCUT2D eigenvalue weighted by Crippen LogP contribution is 2.22. The molecule has 0 saturated heterocycles. The van der Waals surface area contributed by atoms with Gasteiger partial charge in [-0.1, -0.05) is 11.6 Å². The number of hydrogen-bond donors (Lipinski definition) is 1. The summed E-state index contributed by atoms with van der Waals surface area (Å²) in [6, 6.07) is 1.93. The van der Waals surface area contributed by atoms with Gasteiger partial charge in [-0.2, -0.15) is 0 Å². The van der Waals surface area contributed by atoms with Gasteiger partial charge in [-0.05, 0) is 26.8 Å². The Bertz CT molecular complexity index is 333. The number of aromatic nitrogens is 1. The van der Waals surface area contributed by atoms with Gasteiger partial charge in [0.2, 0.25) is 0 Å². The van der Waals surface area contributed by atoms with Crippen LogP contribution in [0.4, 0.5) is 5.69 Å². The fourth-order valence-electron chi connectivity index (χ4n) is 1.40. The first kappa shape index (κ1) is 13.3. The molecule has 0 fully saturated rings. The third-order valence-electron chi connectivity index (χ3n) is 2.26. The summed E-state index contributed by atoms with van der Waals surface area (Å²) in [6.07, 6.45) is 3.43. The van der Waals surface area contributed by atoms with E-state index >= 15 is 0 Å². The average Bonchev–Trinajstić information content (AvgIpc) is 2.16. The van der Waals surface area contributed by atoms with Gasteiger partial charge in [0.1, 0.15) is 0 Å². The number of halogens is 1. The van der Waals surface area contributed by atoms with E-state index in [1.54, 1.807) is 12.4 Å². The van der Waals surface area contributed by atoms with E-state index in [9.17, 15) is 0 Å².